The van der Waals surface area contributed by atoms with Crippen LogP contribution in [0.5, 0.6) is 0 Å². The van der Waals surface area contributed by atoms with Crippen molar-refractivity contribution < 1.29 is 4.39 Å². The van der Waals surface area contributed by atoms with E-state index < -0.39 is 0 Å². The molecule has 13 heavy (non-hydrogen) atoms. The van der Waals surface area contributed by atoms with E-state index in [2.05, 4.69) is 6.92 Å². The van der Waals surface area contributed by atoms with E-state index in [-0.39, 0.29) is 11.9 Å². The second-order valence-corrected chi connectivity index (χ2v) is 3.40. The van der Waals surface area contributed by atoms with E-state index >= 15 is 0 Å². The molecule has 1 aromatic carbocycles. The third-order valence-electron chi connectivity index (χ3n) is 2.22. The molecule has 0 bridgehead atoms. The molecule has 1 atom stereocenters. The van der Waals surface area contributed by atoms with Gasteiger partial charge in [0.2, 0.25) is 0 Å². The summed E-state index contributed by atoms with van der Waals surface area (Å²) in [5.74, 6) is -0.163. The van der Waals surface area contributed by atoms with Crippen LogP contribution >= 0.6 is 0 Å². The summed E-state index contributed by atoms with van der Waals surface area (Å²) in [5.41, 5.74) is 7.42. The van der Waals surface area contributed by atoms with Gasteiger partial charge in [-0.25, -0.2) is 4.39 Å². The van der Waals surface area contributed by atoms with E-state index in [9.17, 15) is 4.39 Å². The highest BCUT2D eigenvalue weighted by molar-refractivity contribution is 5.25. The first-order chi connectivity index (χ1) is 6.15. The number of aryl methyl sites for hydroxylation is 1. The number of hydrogen-bond donors (Lipinski definition) is 1. The summed E-state index contributed by atoms with van der Waals surface area (Å²) >= 11 is 0. The van der Waals surface area contributed by atoms with Crippen molar-refractivity contribution in [2.75, 3.05) is 0 Å². The molecule has 0 fully saturated rings. The van der Waals surface area contributed by atoms with E-state index in [1.807, 2.05) is 6.07 Å². The van der Waals surface area contributed by atoms with E-state index in [4.69, 9.17) is 5.73 Å². The van der Waals surface area contributed by atoms with Gasteiger partial charge in [0.25, 0.3) is 0 Å². The summed E-state index contributed by atoms with van der Waals surface area (Å²) < 4.78 is 13.1. The predicted molar refractivity (Wildman–Crippen MR) is 53.0 cm³/mol. The summed E-state index contributed by atoms with van der Waals surface area (Å²) in [7, 11) is 0. The third-order valence-corrected chi connectivity index (χ3v) is 2.22. The molecule has 0 saturated carbocycles. The lowest BCUT2D eigenvalue weighted by Gasteiger charge is -2.11. The predicted octanol–water partition coefficient (Wildman–Crippen LogP) is 2.93. The number of hydrogen-bond acceptors (Lipinski definition) is 1. The standard InChI is InChI=1S/C11H16FN/c1-3-4-11(13)9-6-5-8(2)10(12)7-9/h5-7,11H,3-4,13H2,1-2H3/t11-/m0/s1. The van der Waals surface area contributed by atoms with Crippen LogP contribution in [0.2, 0.25) is 0 Å². The highest BCUT2D eigenvalue weighted by atomic mass is 19.1. The SMILES string of the molecule is CCC[C@H](N)c1ccc(C)c(F)c1. The molecule has 1 rings (SSSR count). The average molecular weight is 181 g/mol. The Labute approximate surface area is 78.8 Å². The summed E-state index contributed by atoms with van der Waals surface area (Å²) in [6.07, 6.45) is 1.93. The summed E-state index contributed by atoms with van der Waals surface area (Å²) in [5, 5.41) is 0. The minimum atomic E-state index is -0.163. The van der Waals surface area contributed by atoms with Gasteiger partial charge in [0.1, 0.15) is 5.82 Å². The second kappa shape index (κ2) is 4.38. The van der Waals surface area contributed by atoms with Crippen LogP contribution in [0, 0.1) is 12.7 Å². The van der Waals surface area contributed by atoms with Crippen LogP contribution in [0.3, 0.4) is 0 Å². The Morgan fingerprint density at radius 2 is 2.15 bits per heavy atom. The maximum Gasteiger partial charge on any atom is 0.126 e. The fourth-order valence-electron chi connectivity index (χ4n) is 1.32. The molecule has 72 valence electrons. The Morgan fingerprint density at radius 3 is 2.69 bits per heavy atom. The van der Waals surface area contributed by atoms with Crippen molar-refractivity contribution in [2.45, 2.75) is 32.7 Å². The molecule has 0 unspecified atom stereocenters. The van der Waals surface area contributed by atoms with Crippen molar-refractivity contribution in [3.63, 3.8) is 0 Å². The number of halogens is 1. The first kappa shape index (κ1) is 10.2. The molecule has 0 aromatic heterocycles. The van der Waals surface area contributed by atoms with Crippen molar-refractivity contribution in [3.05, 3.63) is 35.1 Å². The fourth-order valence-corrected chi connectivity index (χ4v) is 1.32. The molecule has 1 nitrogen and oxygen atoms in total. The second-order valence-electron chi connectivity index (χ2n) is 3.40. The molecule has 0 aliphatic carbocycles. The molecule has 1 aromatic rings. The van der Waals surface area contributed by atoms with Crippen molar-refractivity contribution in [1.82, 2.24) is 0 Å². The topological polar surface area (TPSA) is 26.0 Å². The highest BCUT2D eigenvalue weighted by Gasteiger charge is 2.06. The zero-order valence-corrected chi connectivity index (χ0v) is 8.18. The maximum atomic E-state index is 13.1. The summed E-state index contributed by atoms with van der Waals surface area (Å²) in [4.78, 5) is 0. The van der Waals surface area contributed by atoms with Gasteiger partial charge in [-0.3, -0.25) is 0 Å². The molecule has 0 saturated heterocycles. The van der Waals surface area contributed by atoms with Gasteiger partial charge < -0.3 is 5.73 Å². The van der Waals surface area contributed by atoms with Gasteiger partial charge in [-0.2, -0.15) is 0 Å². The minimum Gasteiger partial charge on any atom is -0.324 e. The zero-order valence-electron chi connectivity index (χ0n) is 8.18. The molecule has 2 N–H and O–H groups in total. The first-order valence-electron chi connectivity index (χ1n) is 4.66. The van der Waals surface area contributed by atoms with Gasteiger partial charge in [-0.1, -0.05) is 25.5 Å². The average Bonchev–Trinajstić information content (AvgIpc) is 2.10. The van der Waals surface area contributed by atoms with Crippen LogP contribution in [-0.4, -0.2) is 0 Å². The monoisotopic (exact) mass is 181 g/mol. The molecular weight excluding hydrogens is 165 g/mol. The molecule has 0 spiro atoms. The molecule has 0 amide bonds. The molecule has 0 radical (unpaired) electrons. The Kier molecular flexibility index (Phi) is 3.43. The smallest absolute Gasteiger partial charge is 0.126 e. The van der Waals surface area contributed by atoms with Gasteiger partial charge in [-0.05, 0) is 30.5 Å². The van der Waals surface area contributed by atoms with Gasteiger partial charge in [-0.15, -0.1) is 0 Å². The van der Waals surface area contributed by atoms with Crippen molar-refractivity contribution >= 4 is 0 Å². The van der Waals surface area contributed by atoms with Gasteiger partial charge in [0.05, 0.1) is 0 Å². The van der Waals surface area contributed by atoms with Crippen LogP contribution in [0.4, 0.5) is 4.39 Å². The minimum absolute atomic E-state index is 0.0277. The largest absolute Gasteiger partial charge is 0.324 e. The van der Waals surface area contributed by atoms with Crippen LogP contribution in [-0.2, 0) is 0 Å². The number of benzene rings is 1. The lowest BCUT2D eigenvalue weighted by Crippen LogP contribution is -2.10. The fraction of sp³-hybridized carbons (Fsp3) is 0.455. The first-order valence-corrected chi connectivity index (χ1v) is 4.66. The lowest BCUT2D eigenvalue weighted by molar-refractivity contribution is 0.599. The Hall–Kier alpha value is -0.890. The molecule has 2 heteroatoms. The van der Waals surface area contributed by atoms with Gasteiger partial charge in [0, 0.05) is 6.04 Å². The summed E-state index contributed by atoms with van der Waals surface area (Å²) in [6.45, 7) is 3.83. The van der Waals surface area contributed by atoms with Crippen LogP contribution in [0.15, 0.2) is 18.2 Å². The van der Waals surface area contributed by atoms with E-state index in [1.165, 1.54) is 6.07 Å². The Bertz CT molecular complexity index is 283. The summed E-state index contributed by atoms with van der Waals surface area (Å²) in [6, 6.07) is 5.19. The van der Waals surface area contributed by atoms with Gasteiger partial charge >= 0.3 is 0 Å². The quantitative estimate of drug-likeness (QED) is 0.762. The van der Waals surface area contributed by atoms with Crippen molar-refractivity contribution in [2.24, 2.45) is 5.73 Å². The van der Waals surface area contributed by atoms with Gasteiger partial charge in [0.15, 0.2) is 0 Å². The normalized spacial score (nSPS) is 12.9. The Balaban J connectivity index is 2.84. The van der Waals surface area contributed by atoms with Crippen LogP contribution < -0.4 is 5.73 Å². The Morgan fingerprint density at radius 1 is 1.46 bits per heavy atom. The molecule has 0 aliphatic heterocycles. The molecule has 0 heterocycles. The van der Waals surface area contributed by atoms with E-state index in [0.717, 1.165) is 18.4 Å². The highest BCUT2D eigenvalue weighted by Crippen LogP contribution is 2.18. The van der Waals surface area contributed by atoms with E-state index in [0.29, 0.717) is 5.56 Å². The van der Waals surface area contributed by atoms with Crippen molar-refractivity contribution in [3.8, 4) is 0 Å². The van der Waals surface area contributed by atoms with E-state index in [1.54, 1.807) is 13.0 Å². The van der Waals surface area contributed by atoms with Crippen molar-refractivity contribution in [1.29, 1.82) is 0 Å². The third kappa shape index (κ3) is 2.52. The lowest BCUT2D eigenvalue weighted by atomic mass is 10.0. The number of rotatable bonds is 3. The maximum absolute atomic E-state index is 13.1. The zero-order chi connectivity index (χ0) is 9.84. The van der Waals surface area contributed by atoms with Crippen LogP contribution in [0.25, 0.3) is 0 Å². The number of nitrogens with two attached hydrogens (primary N) is 1. The molecular formula is C11H16FN. The molecule has 0 aliphatic rings. The van der Waals surface area contributed by atoms with Crippen LogP contribution in [0.1, 0.15) is 36.9 Å².